The molecule has 0 spiro atoms. The van der Waals surface area contributed by atoms with Crippen molar-refractivity contribution in [1.82, 2.24) is 0 Å². The number of hydrogen-bond donors (Lipinski definition) is 2. The number of benzene rings is 1. The topological polar surface area (TPSA) is 66.4 Å². The van der Waals surface area contributed by atoms with Crippen molar-refractivity contribution in [3.8, 4) is 0 Å². The second-order valence-corrected chi connectivity index (χ2v) is 4.18. The third-order valence-electron chi connectivity index (χ3n) is 2.42. The number of para-hydroxylation sites is 1. The monoisotopic (exact) mass is 235 g/mol. The van der Waals surface area contributed by atoms with E-state index >= 15 is 0 Å². The van der Waals surface area contributed by atoms with Crippen LogP contribution < -0.4 is 5.32 Å². The molecule has 0 aromatic heterocycles. The number of amides is 1. The first-order valence-corrected chi connectivity index (χ1v) is 5.61. The number of carbonyl (C=O) groups is 2. The van der Waals surface area contributed by atoms with Crippen LogP contribution >= 0.6 is 0 Å². The van der Waals surface area contributed by atoms with Crippen LogP contribution in [-0.2, 0) is 9.59 Å². The second kappa shape index (κ2) is 6.03. The summed E-state index contributed by atoms with van der Waals surface area (Å²) < 4.78 is 0. The van der Waals surface area contributed by atoms with Crippen LogP contribution in [0.15, 0.2) is 24.3 Å². The molecule has 1 aromatic rings. The highest BCUT2D eigenvalue weighted by atomic mass is 16.4. The van der Waals surface area contributed by atoms with Crippen molar-refractivity contribution in [2.75, 3.05) is 5.32 Å². The van der Waals surface area contributed by atoms with Crippen molar-refractivity contribution in [2.24, 2.45) is 0 Å². The Morgan fingerprint density at radius 3 is 2.47 bits per heavy atom. The maximum atomic E-state index is 11.5. The second-order valence-electron chi connectivity index (χ2n) is 4.18. The van der Waals surface area contributed by atoms with E-state index in [1.807, 2.05) is 38.1 Å². The van der Waals surface area contributed by atoms with Gasteiger partial charge in [-0.05, 0) is 17.5 Å². The fraction of sp³-hybridized carbons (Fsp3) is 0.385. The van der Waals surface area contributed by atoms with Gasteiger partial charge in [-0.15, -0.1) is 0 Å². The van der Waals surface area contributed by atoms with E-state index in [4.69, 9.17) is 5.11 Å². The molecular formula is C13H17NO3. The maximum Gasteiger partial charge on any atom is 0.303 e. The molecule has 1 amide bonds. The number of carbonyl (C=O) groups excluding carboxylic acids is 1. The van der Waals surface area contributed by atoms with Gasteiger partial charge in [-0.25, -0.2) is 0 Å². The minimum Gasteiger partial charge on any atom is -0.481 e. The third kappa shape index (κ3) is 4.26. The summed E-state index contributed by atoms with van der Waals surface area (Å²) in [6.45, 7) is 4.09. The fourth-order valence-electron chi connectivity index (χ4n) is 1.55. The molecule has 0 aliphatic heterocycles. The molecule has 1 rings (SSSR count). The predicted molar refractivity (Wildman–Crippen MR) is 66.0 cm³/mol. The minimum atomic E-state index is -0.961. The van der Waals surface area contributed by atoms with Gasteiger partial charge < -0.3 is 10.4 Å². The maximum absolute atomic E-state index is 11.5. The Morgan fingerprint density at radius 1 is 1.24 bits per heavy atom. The van der Waals surface area contributed by atoms with E-state index in [0.29, 0.717) is 5.92 Å². The number of carboxylic acids is 1. The molecule has 0 fully saturated rings. The van der Waals surface area contributed by atoms with E-state index in [0.717, 1.165) is 11.3 Å². The van der Waals surface area contributed by atoms with E-state index in [-0.39, 0.29) is 18.7 Å². The van der Waals surface area contributed by atoms with Gasteiger partial charge in [0, 0.05) is 12.1 Å². The SMILES string of the molecule is CC(C)c1ccccc1NC(=O)CCC(=O)O. The molecule has 0 bridgehead atoms. The summed E-state index contributed by atoms with van der Waals surface area (Å²) >= 11 is 0. The Labute approximate surface area is 101 Å². The van der Waals surface area contributed by atoms with Crippen molar-refractivity contribution in [1.29, 1.82) is 0 Å². The van der Waals surface area contributed by atoms with E-state index in [1.165, 1.54) is 0 Å². The molecule has 0 atom stereocenters. The van der Waals surface area contributed by atoms with Gasteiger partial charge in [0.05, 0.1) is 6.42 Å². The van der Waals surface area contributed by atoms with Crippen molar-refractivity contribution >= 4 is 17.6 Å². The van der Waals surface area contributed by atoms with Crippen molar-refractivity contribution in [2.45, 2.75) is 32.6 Å². The number of hydrogen-bond acceptors (Lipinski definition) is 2. The van der Waals surface area contributed by atoms with Gasteiger partial charge in [0.15, 0.2) is 0 Å². The van der Waals surface area contributed by atoms with E-state index < -0.39 is 5.97 Å². The largest absolute Gasteiger partial charge is 0.481 e. The number of anilines is 1. The molecule has 1 aromatic carbocycles. The summed E-state index contributed by atoms with van der Waals surface area (Å²) in [5.41, 5.74) is 1.81. The molecule has 4 nitrogen and oxygen atoms in total. The first kappa shape index (κ1) is 13.2. The molecule has 2 N–H and O–H groups in total. The first-order valence-electron chi connectivity index (χ1n) is 5.61. The smallest absolute Gasteiger partial charge is 0.303 e. The first-order chi connectivity index (χ1) is 8.00. The normalized spacial score (nSPS) is 10.3. The third-order valence-corrected chi connectivity index (χ3v) is 2.42. The summed E-state index contributed by atoms with van der Waals surface area (Å²) in [6, 6.07) is 7.55. The van der Waals surface area contributed by atoms with E-state index in [9.17, 15) is 9.59 Å². The Kier molecular flexibility index (Phi) is 4.69. The van der Waals surface area contributed by atoms with Gasteiger partial charge in [-0.1, -0.05) is 32.0 Å². The molecular weight excluding hydrogens is 218 g/mol. The Balaban J connectivity index is 2.68. The fourth-order valence-corrected chi connectivity index (χ4v) is 1.55. The summed E-state index contributed by atoms with van der Waals surface area (Å²) in [6.07, 6.45) is -0.141. The highest BCUT2D eigenvalue weighted by Gasteiger charge is 2.10. The molecule has 0 heterocycles. The Hall–Kier alpha value is -1.84. The highest BCUT2D eigenvalue weighted by molar-refractivity contribution is 5.93. The zero-order valence-electron chi connectivity index (χ0n) is 10.1. The lowest BCUT2D eigenvalue weighted by atomic mass is 10.0. The summed E-state index contributed by atoms with van der Waals surface area (Å²) in [5, 5.41) is 11.2. The van der Waals surface area contributed by atoms with Crippen LogP contribution in [-0.4, -0.2) is 17.0 Å². The summed E-state index contributed by atoms with van der Waals surface area (Å²) in [5.74, 6) is -0.913. The molecule has 0 saturated heterocycles. The predicted octanol–water partition coefficient (Wildman–Crippen LogP) is 2.61. The van der Waals surface area contributed by atoms with Crippen LogP contribution in [0.4, 0.5) is 5.69 Å². The van der Waals surface area contributed by atoms with Crippen LogP contribution in [0, 0.1) is 0 Å². The lowest BCUT2D eigenvalue weighted by Crippen LogP contribution is -2.14. The van der Waals surface area contributed by atoms with Crippen LogP contribution in [0.3, 0.4) is 0 Å². The zero-order chi connectivity index (χ0) is 12.8. The summed E-state index contributed by atoms with van der Waals surface area (Å²) in [4.78, 5) is 21.9. The quantitative estimate of drug-likeness (QED) is 0.824. The average molecular weight is 235 g/mol. The molecule has 0 aliphatic rings. The lowest BCUT2D eigenvalue weighted by Gasteiger charge is -2.13. The highest BCUT2D eigenvalue weighted by Crippen LogP contribution is 2.23. The van der Waals surface area contributed by atoms with Crippen LogP contribution in [0.25, 0.3) is 0 Å². The van der Waals surface area contributed by atoms with Crippen molar-refractivity contribution in [3.05, 3.63) is 29.8 Å². The van der Waals surface area contributed by atoms with Crippen LogP contribution in [0.5, 0.6) is 0 Å². The summed E-state index contributed by atoms with van der Waals surface area (Å²) in [7, 11) is 0. The number of aliphatic carboxylic acids is 1. The zero-order valence-corrected chi connectivity index (χ0v) is 10.1. The van der Waals surface area contributed by atoms with Gasteiger partial charge in [-0.2, -0.15) is 0 Å². The molecule has 17 heavy (non-hydrogen) atoms. The van der Waals surface area contributed by atoms with Gasteiger partial charge in [0.1, 0.15) is 0 Å². The van der Waals surface area contributed by atoms with E-state index in [2.05, 4.69) is 5.32 Å². The van der Waals surface area contributed by atoms with E-state index in [1.54, 1.807) is 0 Å². The molecule has 0 radical (unpaired) electrons. The molecule has 0 unspecified atom stereocenters. The van der Waals surface area contributed by atoms with Crippen molar-refractivity contribution < 1.29 is 14.7 Å². The minimum absolute atomic E-state index is 0.00175. The van der Waals surface area contributed by atoms with Crippen molar-refractivity contribution in [3.63, 3.8) is 0 Å². The lowest BCUT2D eigenvalue weighted by molar-refractivity contribution is -0.138. The Morgan fingerprint density at radius 2 is 1.88 bits per heavy atom. The van der Waals surface area contributed by atoms with Crippen LogP contribution in [0.1, 0.15) is 38.2 Å². The number of rotatable bonds is 5. The average Bonchev–Trinajstić information content (AvgIpc) is 2.27. The number of nitrogens with one attached hydrogen (secondary N) is 1. The molecule has 0 saturated carbocycles. The van der Waals surface area contributed by atoms with Gasteiger partial charge in [0.25, 0.3) is 0 Å². The molecule has 0 aliphatic carbocycles. The number of carboxylic acid groups (broad SMARTS) is 1. The molecule has 4 heteroatoms. The molecule has 92 valence electrons. The van der Waals surface area contributed by atoms with Crippen LogP contribution in [0.2, 0.25) is 0 Å². The van der Waals surface area contributed by atoms with Gasteiger partial charge in [-0.3, -0.25) is 9.59 Å². The Bertz CT molecular complexity index is 413. The standard InChI is InChI=1S/C13H17NO3/c1-9(2)10-5-3-4-6-11(10)14-12(15)7-8-13(16)17/h3-6,9H,7-8H2,1-2H3,(H,14,15)(H,16,17). The van der Waals surface area contributed by atoms with Gasteiger partial charge in [0.2, 0.25) is 5.91 Å². The van der Waals surface area contributed by atoms with Gasteiger partial charge >= 0.3 is 5.97 Å².